The maximum atomic E-state index is 12.9. The number of methoxy groups -OCH3 is 1. The van der Waals surface area contributed by atoms with Crippen LogP contribution in [0.15, 0.2) is 69.9 Å². The van der Waals surface area contributed by atoms with Crippen LogP contribution in [0.4, 0.5) is 0 Å². The predicted octanol–water partition coefficient (Wildman–Crippen LogP) is 3.90. The minimum atomic E-state index is -0.401. The normalized spacial score (nSPS) is 14.8. The third-order valence-electron chi connectivity index (χ3n) is 6.62. The second kappa shape index (κ2) is 9.93. The van der Waals surface area contributed by atoms with E-state index in [1.54, 1.807) is 19.2 Å². The molecule has 186 valence electrons. The van der Waals surface area contributed by atoms with E-state index in [-0.39, 0.29) is 28.2 Å². The topological polar surface area (TPSA) is 107 Å². The number of aromatic hydroxyl groups is 3. The van der Waals surface area contributed by atoms with Crippen molar-refractivity contribution < 1.29 is 24.5 Å². The highest BCUT2D eigenvalue weighted by atomic mass is 16.5. The van der Waals surface area contributed by atoms with Gasteiger partial charge >= 0.3 is 0 Å². The van der Waals surface area contributed by atoms with Crippen molar-refractivity contribution in [2.75, 3.05) is 33.3 Å². The Hall–Kier alpha value is -4.01. The fourth-order valence-corrected chi connectivity index (χ4v) is 4.59. The molecule has 3 N–H and O–H groups in total. The van der Waals surface area contributed by atoms with Crippen LogP contribution in [0.1, 0.15) is 11.1 Å². The molecular weight excluding hydrogens is 460 g/mol. The van der Waals surface area contributed by atoms with Crippen molar-refractivity contribution in [2.24, 2.45) is 0 Å². The molecule has 0 atom stereocenters. The van der Waals surface area contributed by atoms with Crippen molar-refractivity contribution in [3.05, 3.63) is 82.0 Å². The van der Waals surface area contributed by atoms with Crippen LogP contribution in [-0.4, -0.2) is 58.4 Å². The molecule has 1 aliphatic heterocycles. The van der Waals surface area contributed by atoms with Crippen LogP contribution >= 0.6 is 0 Å². The second-order valence-corrected chi connectivity index (χ2v) is 9.02. The Labute approximate surface area is 208 Å². The summed E-state index contributed by atoms with van der Waals surface area (Å²) >= 11 is 0. The van der Waals surface area contributed by atoms with Crippen LogP contribution < -0.4 is 10.2 Å². The molecule has 3 aromatic carbocycles. The van der Waals surface area contributed by atoms with Gasteiger partial charge in [0, 0.05) is 57.0 Å². The lowest BCUT2D eigenvalue weighted by atomic mass is 10.1. The van der Waals surface area contributed by atoms with Gasteiger partial charge in [-0.3, -0.25) is 14.6 Å². The third-order valence-corrected chi connectivity index (χ3v) is 6.62. The molecule has 0 radical (unpaired) electrons. The van der Waals surface area contributed by atoms with Crippen molar-refractivity contribution in [3.63, 3.8) is 0 Å². The number of fused-ring (bicyclic) bond motifs is 1. The number of hydrogen-bond acceptors (Lipinski definition) is 8. The quantitative estimate of drug-likeness (QED) is 0.375. The molecule has 1 saturated heterocycles. The molecule has 0 saturated carbocycles. The predicted molar refractivity (Wildman–Crippen MR) is 136 cm³/mol. The van der Waals surface area contributed by atoms with Gasteiger partial charge in [-0.2, -0.15) is 0 Å². The summed E-state index contributed by atoms with van der Waals surface area (Å²) in [6.07, 6.45) is 0. The molecule has 0 unspecified atom stereocenters. The molecule has 0 spiro atoms. The van der Waals surface area contributed by atoms with E-state index in [9.17, 15) is 20.1 Å². The van der Waals surface area contributed by atoms with Crippen molar-refractivity contribution >= 4 is 11.0 Å². The Kier molecular flexibility index (Phi) is 6.54. The first-order chi connectivity index (χ1) is 17.4. The second-order valence-electron chi connectivity index (χ2n) is 9.02. The van der Waals surface area contributed by atoms with Gasteiger partial charge in [-0.15, -0.1) is 0 Å². The first-order valence-electron chi connectivity index (χ1n) is 11.8. The van der Waals surface area contributed by atoms with E-state index in [1.165, 1.54) is 29.8 Å². The smallest absolute Gasteiger partial charge is 0.197 e. The van der Waals surface area contributed by atoms with Crippen molar-refractivity contribution in [3.8, 4) is 34.3 Å². The molecule has 1 aromatic heterocycles. The average Bonchev–Trinajstić information content (AvgIpc) is 2.88. The van der Waals surface area contributed by atoms with Crippen LogP contribution in [0.2, 0.25) is 0 Å². The van der Waals surface area contributed by atoms with E-state index in [0.717, 1.165) is 38.5 Å². The van der Waals surface area contributed by atoms with E-state index >= 15 is 0 Å². The molecule has 0 aliphatic carbocycles. The van der Waals surface area contributed by atoms with Crippen molar-refractivity contribution in [2.45, 2.75) is 13.1 Å². The third kappa shape index (κ3) is 4.86. The lowest BCUT2D eigenvalue weighted by Crippen LogP contribution is -2.45. The summed E-state index contributed by atoms with van der Waals surface area (Å²) in [7, 11) is 1.66. The molecule has 2 heterocycles. The number of ether oxygens (including phenoxy) is 1. The van der Waals surface area contributed by atoms with Crippen LogP contribution in [0.25, 0.3) is 22.3 Å². The lowest BCUT2D eigenvalue weighted by Gasteiger charge is -2.35. The highest BCUT2D eigenvalue weighted by molar-refractivity contribution is 5.89. The monoisotopic (exact) mass is 488 g/mol. The van der Waals surface area contributed by atoms with Gasteiger partial charge in [0.1, 0.15) is 34.1 Å². The number of benzene rings is 3. The molecule has 0 amide bonds. The Balaban J connectivity index is 1.37. The summed E-state index contributed by atoms with van der Waals surface area (Å²) in [6, 6.07) is 16.9. The minimum Gasteiger partial charge on any atom is -0.508 e. The largest absolute Gasteiger partial charge is 0.508 e. The lowest BCUT2D eigenvalue weighted by molar-refractivity contribution is 0.121. The molecular formula is C28H28N2O6. The van der Waals surface area contributed by atoms with Gasteiger partial charge in [0.2, 0.25) is 0 Å². The van der Waals surface area contributed by atoms with E-state index in [1.807, 2.05) is 12.1 Å². The summed E-state index contributed by atoms with van der Waals surface area (Å²) in [6.45, 7) is 4.48. The zero-order chi connectivity index (χ0) is 25.2. The van der Waals surface area contributed by atoms with Gasteiger partial charge in [0.25, 0.3) is 0 Å². The zero-order valence-electron chi connectivity index (χ0n) is 20.0. The number of phenolic OH excluding ortho intramolecular Hbond substituents is 3. The van der Waals surface area contributed by atoms with Crippen molar-refractivity contribution in [1.29, 1.82) is 0 Å². The molecule has 0 bridgehead atoms. The molecule has 5 rings (SSSR count). The fourth-order valence-electron chi connectivity index (χ4n) is 4.59. The Morgan fingerprint density at radius 3 is 2.11 bits per heavy atom. The summed E-state index contributed by atoms with van der Waals surface area (Å²) in [5, 5.41) is 30.7. The van der Waals surface area contributed by atoms with Gasteiger partial charge in [-0.1, -0.05) is 12.1 Å². The molecule has 36 heavy (non-hydrogen) atoms. The zero-order valence-corrected chi connectivity index (χ0v) is 20.0. The Morgan fingerprint density at radius 2 is 1.47 bits per heavy atom. The molecule has 8 heteroatoms. The number of phenols is 3. The van der Waals surface area contributed by atoms with E-state index < -0.39 is 5.43 Å². The van der Waals surface area contributed by atoms with Gasteiger partial charge in [-0.25, -0.2) is 0 Å². The summed E-state index contributed by atoms with van der Waals surface area (Å²) in [4.78, 5) is 17.5. The Bertz CT molecular complexity index is 1420. The molecule has 1 aliphatic rings. The first kappa shape index (κ1) is 23.7. The van der Waals surface area contributed by atoms with E-state index in [2.05, 4.69) is 21.9 Å². The van der Waals surface area contributed by atoms with Crippen LogP contribution in [0.5, 0.6) is 23.0 Å². The minimum absolute atomic E-state index is 0.0449. The van der Waals surface area contributed by atoms with E-state index in [0.29, 0.717) is 23.4 Å². The maximum Gasteiger partial charge on any atom is 0.197 e. The summed E-state index contributed by atoms with van der Waals surface area (Å²) in [5.74, 6) is 0.796. The van der Waals surface area contributed by atoms with Gasteiger partial charge in [0.05, 0.1) is 12.7 Å². The van der Waals surface area contributed by atoms with Gasteiger partial charge in [0.15, 0.2) is 11.0 Å². The summed E-state index contributed by atoms with van der Waals surface area (Å²) < 4.78 is 11.3. The standard InChI is InChI=1S/C28H28N2O6/c1-35-21-8-2-18(3-9-21)16-29-10-12-30(13-11-29)17-22-23(32)14-24(33)27-25(34)15-26(36-28(22)27)19-4-6-20(31)7-5-19/h2-9,14-15,31-33H,10-13,16-17H2,1H3. The van der Waals surface area contributed by atoms with Crippen LogP contribution in [0.3, 0.4) is 0 Å². The van der Waals surface area contributed by atoms with Crippen molar-refractivity contribution in [1.82, 2.24) is 9.80 Å². The first-order valence-corrected chi connectivity index (χ1v) is 11.8. The van der Waals surface area contributed by atoms with Crippen LogP contribution in [0, 0.1) is 0 Å². The molecule has 1 fully saturated rings. The number of nitrogens with zero attached hydrogens (tertiary/aromatic N) is 2. The number of rotatable bonds is 6. The highest BCUT2D eigenvalue weighted by Crippen LogP contribution is 2.36. The highest BCUT2D eigenvalue weighted by Gasteiger charge is 2.23. The molecule has 4 aromatic rings. The summed E-state index contributed by atoms with van der Waals surface area (Å²) in [5.41, 5.74) is 2.05. The van der Waals surface area contributed by atoms with E-state index in [4.69, 9.17) is 9.15 Å². The SMILES string of the molecule is COc1ccc(CN2CCN(Cc3c(O)cc(O)c4c(=O)cc(-c5ccc(O)cc5)oc34)CC2)cc1. The van der Waals surface area contributed by atoms with Gasteiger partial charge in [-0.05, 0) is 42.0 Å². The maximum absolute atomic E-state index is 12.9. The number of hydrogen-bond donors (Lipinski definition) is 3. The Morgan fingerprint density at radius 1 is 0.833 bits per heavy atom. The number of piperazine rings is 1. The average molecular weight is 489 g/mol. The van der Waals surface area contributed by atoms with Gasteiger partial charge < -0.3 is 24.5 Å². The van der Waals surface area contributed by atoms with Crippen LogP contribution in [-0.2, 0) is 13.1 Å². The fraction of sp³-hybridized carbons (Fsp3) is 0.250. The molecule has 8 nitrogen and oxygen atoms in total.